The van der Waals surface area contributed by atoms with Gasteiger partial charge in [-0.1, -0.05) is 94.7 Å². The molecule has 0 radical (unpaired) electrons. The molecule has 0 unspecified atom stereocenters. The highest BCUT2D eigenvalue weighted by molar-refractivity contribution is 7.18. The number of carbonyl (C=O) groups excluding carboxylic acids is 2. The van der Waals surface area contributed by atoms with Crippen molar-refractivity contribution in [3.8, 4) is 0 Å². The highest BCUT2D eigenvalue weighted by atomic mass is 32.1. The van der Waals surface area contributed by atoms with E-state index in [0.717, 1.165) is 120 Å². The summed E-state index contributed by atoms with van der Waals surface area (Å²) in [6, 6.07) is 32.3. The molecule has 5 atom stereocenters. The van der Waals surface area contributed by atoms with E-state index < -0.39 is 0 Å². The van der Waals surface area contributed by atoms with E-state index in [9.17, 15) is 9.59 Å². The lowest BCUT2D eigenvalue weighted by molar-refractivity contribution is -0.121. The van der Waals surface area contributed by atoms with Crippen LogP contribution >= 0.6 is 34.0 Å². The summed E-state index contributed by atoms with van der Waals surface area (Å²) in [5.41, 5.74) is 10.2. The highest BCUT2D eigenvalue weighted by Crippen LogP contribution is 2.28. The van der Waals surface area contributed by atoms with Gasteiger partial charge in [-0.3, -0.25) is 9.59 Å². The number of hydrogen-bond acceptors (Lipinski definition) is 26. The Morgan fingerprint density at radius 1 is 0.494 bits per heavy atom. The molecule has 2 aromatic carbocycles. The maximum absolute atomic E-state index is 12.9. The van der Waals surface area contributed by atoms with Gasteiger partial charge in [0.15, 0.2) is 17.5 Å². The molecule has 0 bridgehead atoms. The monoisotopic (exact) mass is 1150 g/mol. The summed E-state index contributed by atoms with van der Waals surface area (Å²) < 4.78 is 10.6. The van der Waals surface area contributed by atoms with Crippen LogP contribution in [0.1, 0.15) is 69.3 Å². The van der Waals surface area contributed by atoms with Gasteiger partial charge in [0.05, 0.1) is 55.0 Å². The zero-order chi connectivity index (χ0) is 56.5. The van der Waals surface area contributed by atoms with Gasteiger partial charge in [0, 0.05) is 71.6 Å². The number of methoxy groups -OCH3 is 2. The second kappa shape index (κ2) is 28.6. The topological polar surface area (TPSA) is 279 Å². The first-order valence-corrected chi connectivity index (χ1v) is 29.2. The Morgan fingerprint density at radius 3 is 1.17 bits per heavy atom. The fourth-order valence-electron chi connectivity index (χ4n) is 9.52. The van der Waals surface area contributed by atoms with Gasteiger partial charge in [-0.25, -0.2) is 0 Å². The molecule has 3 aliphatic rings. The maximum Gasteiger partial charge on any atom is 0.207 e. The summed E-state index contributed by atoms with van der Waals surface area (Å²) in [5, 5.41) is 64.3. The standard InChI is InChI=1S/2C22H26N6O2S.C11H15N7S/c2*1-15-8-9-20(25-24-15)28-11-10-17(13-28)23-22-27-26-21(31-22)12-19(29)18(14-30-2)16-6-4-3-5-7-16;1-7-2-3-9(15-14-7)18-5-4-8(6-18)13-11-17-16-10(12)19-11/h2*3-9,17-18H,10-14H2,1-2H3,(H,23,27);2-3,8H,4-6H2,1H3,(H2,12,16)(H,13,17)/t17-,18+;17-,18-;8-/m111/s1. The summed E-state index contributed by atoms with van der Waals surface area (Å²) in [4.78, 5) is 32.4. The third kappa shape index (κ3) is 16.7. The molecule has 3 saturated heterocycles. The molecule has 5 N–H and O–H groups in total. The van der Waals surface area contributed by atoms with Crippen molar-refractivity contribution in [2.75, 3.05) is 103 Å². The molecule has 424 valence electrons. The number of benzene rings is 2. The molecular weight excluding hydrogens is 1090 g/mol. The first-order chi connectivity index (χ1) is 39.4. The van der Waals surface area contributed by atoms with Crippen molar-refractivity contribution in [3.63, 3.8) is 0 Å². The fraction of sp³-hybridized carbons (Fsp3) is 0.418. The van der Waals surface area contributed by atoms with Crippen LogP contribution in [0.5, 0.6) is 0 Å². The summed E-state index contributed by atoms with van der Waals surface area (Å²) >= 11 is 4.24. The molecule has 0 aliphatic carbocycles. The average molecular weight is 1150 g/mol. The SMILES string of the molecule is COC[C@@H](C(=O)Cc1nnc(N[C@@H]2CCN(c3ccc(C)nn3)C2)s1)c1ccccc1.COC[C@H](C(=O)Cc1nnc(N[C@@H]2CCN(c3ccc(C)nn3)C2)s1)c1ccccc1.Cc1ccc(N2CC[C@@H](Nc3nnc(N)s3)C2)nn1. The van der Waals surface area contributed by atoms with Gasteiger partial charge in [0.2, 0.25) is 20.5 Å². The molecule has 9 heterocycles. The zero-order valence-corrected chi connectivity index (χ0v) is 48.4. The number of nitrogens with two attached hydrogens (primary N) is 1. The third-order valence-electron chi connectivity index (χ3n) is 13.7. The molecule has 0 spiro atoms. The maximum atomic E-state index is 12.9. The number of nitrogens with zero attached hydrogens (tertiary/aromatic N) is 15. The van der Waals surface area contributed by atoms with E-state index >= 15 is 0 Å². The van der Waals surface area contributed by atoms with Crippen molar-refractivity contribution in [1.82, 2.24) is 61.2 Å². The quantitative estimate of drug-likeness (QED) is 0.0586. The second-order valence-electron chi connectivity index (χ2n) is 19.9. The minimum Gasteiger partial charge on any atom is -0.384 e. The van der Waals surface area contributed by atoms with Crippen molar-refractivity contribution < 1.29 is 19.1 Å². The highest BCUT2D eigenvalue weighted by Gasteiger charge is 2.29. The van der Waals surface area contributed by atoms with E-state index in [2.05, 4.69) is 91.8 Å². The number of Topliss-reactive ketones (excluding diaryl/α,β-unsaturated/α-hetero) is 2. The molecule has 0 amide bonds. The molecule has 6 aromatic heterocycles. The Balaban J connectivity index is 0.000000151. The van der Waals surface area contributed by atoms with Gasteiger partial charge in [0.1, 0.15) is 21.6 Å². The number of rotatable bonds is 21. The lowest BCUT2D eigenvalue weighted by Crippen LogP contribution is -2.26. The predicted molar refractivity (Wildman–Crippen MR) is 317 cm³/mol. The Morgan fingerprint density at radius 2 is 0.852 bits per heavy atom. The normalized spacial score (nSPS) is 17.4. The summed E-state index contributed by atoms with van der Waals surface area (Å²) in [6.07, 6.45) is 3.49. The number of nitrogen functional groups attached to an aromatic ring is 1. The Hall–Kier alpha value is -7.78. The first kappa shape index (κ1) is 57.9. The number of anilines is 7. The lowest BCUT2D eigenvalue weighted by Gasteiger charge is -2.17. The van der Waals surface area contributed by atoms with E-state index in [1.54, 1.807) is 14.2 Å². The van der Waals surface area contributed by atoms with Gasteiger partial charge in [-0.05, 0) is 87.6 Å². The summed E-state index contributed by atoms with van der Waals surface area (Å²) in [6.45, 7) is 11.8. The van der Waals surface area contributed by atoms with Crippen LogP contribution in [-0.2, 0) is 31.9 Å². The van der Waals surface area contributed by atoms with E-state index in [0.29, 0.717) is 34.4 Å². The average Bonchev–Trinajstić information content (AvgIpc) is 4.44. The van der Waals surface area contributed by atoms with Crippen LogP contribution in [0.4, 0.5) is 38.0 Å². The first-order valence-electron chi connectivity index (χ1n) is 26.8. The van der Waals surface area contributed by atoms with Crippen molar-refractivity contribution >= 4 is 83.6 Å². The number of ketones is 2. The largest absolute Gasteiger partial charge is 0.384 e. The second-order valence-corrected chi connectivity index (χ2v) is 23.0. The Bertz CT molecular complexity index is 3050. The Kier molecular flexibility index (Phi) is 20.4. The van der Waals surface area contributed by atoms with E-state index in [4.69, 9.17) is 15.2 Å². The van der Waals surface area contributed by atoms with Crippen LogP contribution in [0.3, 0.4) is 0 Å². The molecule has 23 nitrogen and oxygen atoms in total. The fourth-order valence-corrected chi connectivity index (χ4v) is 11.8. The Labute approximate surface area is 482 Å². The molecule has 11 rings (SSSR count). The number of ether oxygens (including phenoxy) is 2. The van der Waals surface area contributed by atoms with E-state index in [1.807, 2.05) is 118 Å². The molecule has 8 aromatic rings. The van der Waals surface area contributed by atoms with Crippen LogP contribution in [0.25, 0.3) is 0 Å². The van der Waals surface area contributed by atoms with Crippen LogP contribution < -0.4 is 36.4 Å². The number of aromatic nitrogens is 12. The molecule has 0 saturated carbocycles. The van der Waals surface area contributed by atoms with Crippen LogP contribution in [0.2, 0.25) is 0 Å². The number of carbonyl (C=O) groups is 2. The van der Waals surface area contributed by atoms with Crippen LogP contribution in [0, 0.1) is 20.8 Å². The van der Waals surface area contributed by atoms with Gasteiger partial charge in [-0.15, -0.1) is 45.9 Å². The van der Waals surface area contributed by atoms with Crippen molar-refractivity contribution in [2.24, 2.45) is 0 Å². The number of aryl methyl sites for hydroxylation is 3. The molecule has 3 fully saturated rings. The number of hydrogen-bond donors (Lipinski definition) is 4. The predicted octanol–water partition coefficient (Wildman–Crippen LogP) is 6.65. The summed E-state index contributed by atoms with van der Waals surface area (Å²) in [5.74, 6) is 2.27. The minimum absolute atomic E-state index is 0.0840. The zero-order valence-electron chi connectivity index (χ0n) is 46.0. The van der Waals surface area contributed by atoms with Gasteiger partial charge in [-0.2, -0.15) is 15.3 Å². The van der Waals surface area contributed by atoms with E-state index in [1.165, 1.54) is 34.0 Å². The molecule has 3 aliphatic heterocycles. The van der Waals surface area contributed by atoms with Gasteiger partial charge < -0.3 is 45.9 Å². The minimum atomic E-state index is -0.300. The molecule has 26 heteroatoms. The molecule has 81 heavy (non-hydrogen) atoms. The van der Waals surface area contributed by atoms with Gasteiger partial charge >= 0.3 is 0 Å². The van der Waals surface area contributed by atoms with Crippen LogP contribution in [-0.4, -0.2) is 158 Å². The van der Waals surface area contributed by atoms with Gasteiger partial charge in [0.25, 0.3) is 0 Å². The van der Waals surface area contributed by atoms with Crippen molar-refractivity contribution in [2.45, 2.75) is 82.8 Å². The number of nitrogens with one attached hydrogen (secondary N) is 3. The van der Waals surface area contributed by atoms with Crippen molar-refractivity contribution in [1.29, 1.82) is 0 Å². The van der Waals surface area contributed by atoms with E-state index in [-0.39, 0.29) is 48.3 Å². The third-order valence-corrected chi connectivity index (χ3v) is 16.1. The lowest BCUT2D eigenvalue weighted by atomic mass is 9.94. The van der Waals surface area contributed by atoms with Crippen molar-refractivity contribution in [3.05, 3.63) is 135 Å². The smallest absolute Gasteiger partial charge is 0.207 e. The van der Waals surface area contributed by atoms with Crippen LogP contribution in [0.15, 0.2) is 97.1 Å². The summed E-state index contributed by atoms with van der Waals surface area (Å²) in [7, 11) is 3.23. The molecular formula is C55H67N19O4S3.